The molecule has 17 nitrogen and oxygen atoms in total. The number of unbranched alkanes of at least 4 members (excludes halogenated alkanes) is 44. The van der Waals surface area contributed by atoms with E-state index in [2.05, 4.69) is 55.4 Å². The third kappa shape index (κ3) is 74.3. The number of ether oxygens (including phenoxy) is 4. The summed E-state index contributed by atoms with van der Waals surface area (Å²) in [5.74, 6) is 0.950. The van der Waals surface area contributed by atoms with Crippen LogP contribution in [0.15, 0.2) is 0 Å². The zero-order valence-corrected chi connectivity index (χ0v) is 67.6. The third-order valence-electron chi connectivity index (χ3n) is 18.8. The van der Waals surface area contributed by atoms with Crippen molar-refractivity contribution in [3.63, 3.8) is 0 Å². The molecule has 0 heterocycles. The van der Waals surface area contributed by atoms with Gasteiger partial charge >= 0.3 is 39.5 Å². The van der Waals surface area contributed by atoms with Crippen LogP contribution in [0.25, 0.3) is 0 Å². The molecule has 5 atom stereocenters. The van der Waals surface area contributed by atoms with Gasteiger partial charge in [-0.05, 0) is 49.4 Å². The molecule has 3 unspecified atom stereocenters. The van der Waals surface area contributed by atoms with Crippen molar-refractivity contribution in [1.82, 2.24) is 0 Å². The Morgan fingerprint density at radius 3 is 0.620 bits per heavy atom. The maximum absolute atomic E-state index is 13.1. The van der Waals surface area contributed by atoms with Crippen LogP contribution < -0.4 is 0 Å². The lowest BCUT2D eigenvalue weighted by atomic mass is 10.0. The lowest BCUT2D eigenvalue weighted by molar-refractivity contribution is -0.161. The fourth-order valence-corrected chi connectivity index (χ4v) is 14.0. The van der Waals surface area contributed by atoms with Crippen LogP contribution in [0.2, 0.25) is 0 Å². The van der Waals surface area contributed by atoms with E-state index in [1.807, 2.05) is 0 Å². The van der Waals surface area contributed by atoms with Crippen LogP contribution in [0.4, 0.5) is 0 Å². The number of carbonyl (C=O) groups excluding carboxylic acids is 4. The van der Waals surface area contributed by atoms with Crippen molar-refractivity contribution < 1.29 is 80.2 Å². The summed E-state index contributed by atoms with van der Waals surface area (Å²) < 4.78 is 68.7. The molecule has 0 radical (unpaired) electrons. The van der Waals surface area contributed by atoms with Crippen molar-refractivity contribution in [2.75, 3.05) is 39.6 Å². The summed E-state index contributed by atoms with van der Waals surface area (Å²) in [4.78, 5) is 73.0. The highest BCUT2D eigenvalue weighted by Crippen LogP contribution is 2.45. The standard InChI is InChI=1S/C81H158O17P2/c1-71(2)57-49-41-33-27-21-15-11-9-13-17-24-30-36-45-53-61-78(83)91-67-76(97-80(85)64-56-48-38-32-26-20-19-23-29-35-43-51-59-73(5)6)69-95-99(87,88)93-65-75(82)66-94-100(89,90)96-70-77(68-92-79(84)62-54-46-40-39-44-52-60-74(7)8)98-81(86)63-55-47-37-31-25-18-14-10-12-16-22-28-34-42-50-58-72(3)4/h71-77,82H,9-70H2,1-8H3,(H,87,88)(H,89,90)/t75?,76-,77-/m1/s1. The molecule has 0 spiro atoms. The van der Waals surface area contributed by atoms with Gasteiger partial charge in [-0.1, -0.05) is 364 Å². The first kappa shape index (κ1) is 98.1. The molecule has 0 aromatic carbocycles. The van der Waals surface area contributed by atoms with E-state index >= 15 is 0 Å². The summed E-state index contributed by atoms with van der Waals surface area (Å²) >= 11 is 0. The Bertz CT molecular complexity index is 1950. The van der Waals surface area contributed by atoms with Gasteiger partial charge in [0.2, 0.25) is 0 Å². The lowest BCUT2D eigenvalue weighted by Gasteiger charge is -2.21. The van der Waals surface area contributed by atoms with Crippen molar-refractivity contribution in [3.8, 4) is 0 Å². The lowest BCUT2D eigenvalue weighted by Crippen LogP contribution is -2.30. The van der Waals surface area contributed by atoms with Gasteiger partial charge in [-0.15, -0.1) is 0 Å². The molecule has 0 fully saturated rings. The van der Waals surface area contributed by atoms with E-state index in [4.69, 9.17) is 37.0 Å². The highest BCUT2D eigenvalue weighted by Gasteiger charge is 2.30. The normalized spacial score (nSPS) is 14.0. The minimum atomic E-state index is -4.96. The molecule has 0 rings (SSSR count). The Labute approximate surface area is 613 Å². The van der Waals surface area contributed by atoms with E-state index in [9.17, 15) is 43.2 Å². The molecule has 0 aliphatic carbocycles. The molecule has 0 aromatic rings. The molecule has 0 saturated heterocycles. The largest absolute Gasteiger partial charge is 0.472 e. The number of hydrogen-bond donors (Lipinski definition) is 3. The van der Waals surface area contributed by atoms with Crippen molar-refractivity contribution in [2.45, 2.75) is 433 Å². The van der Waals surface area contributed by atoms with Gasteiger partial charge in [0.05, 0.1) is 26.4 Å². The Kier molecular flexibility index (Phi) is 68.7. The molecule has 0 aliphatic rings. The van der Waals surface area contributed by atoms with E-state index in [-0.39, 0.29) is 25.7 Å². The molecule has 100 heavy (non-hydrogen) atoms. The fraction of sp³-hybridized carbons (Fsp3) is 0.951. The molecular weight excluding hydrogens is 1310 g/mol. The molecule has 0 saturated carbocycles. The Morgan fingerprint density at radius 2 is 0.420 bits per heavy atom. The minimum absolute atomic E-state index is 0.106. The van der Waals surface area contributed by atoms with Gasteiger partial charge in [0, 0.05) is 25.7 Å². The first-order chi connectivity index (χ1) is 48.1. The number of hydrogen-bond acceptors (Lipinski definition) is 15. The quantitative estimate of drug-likeness (QED) is 0.0222. The molecule has 594 valence electrons. The van der Waals surface area contributed by atoms with E-state index < -0.39 is 97.5 Å². The van der Waals surface area contributed by atoms with Crippen molar-refractivity contribution >= 4 is 39.5 Å². The Hall–Kier alpha value is -1.94. The monoisotopic (exact) mass is 1470 g/mol. The van der Waals surface area contributed by atoms with Crippen LogP contribution in [-0.4, -0.2) is 96.7 Å². The zero-order valence-electron chi connectivity index (χ0n) is 65.8. The summed E-state index contributed by atoms with van der Waals surface area (Å²) in [6.07, 6.45) is 57.0. The molecule has 19 heteroatoms. The summed E-state index contributed by atoms with van der Waals surface area (Å²) in [6.45, 7) is 14.2. The first-order valence-electron chi connectivity index (χ1n) is 41.7. The maximum Gasteiger partial charge on any atom is 0.472 e. The van der Waals surface area contributed by atoms with Crippen LogP contribution >= 0.6 is 15.6 Å². The van der Waals surface area contributed by atoms with E-state index in [0.717, 1.165) is 114 Å². The summed E-state index contributed by atoms with van der Waals surface area (Å²) in [7, 11) is -9.92. The van der Waals surface area contributed by atoms with Gasteiger partial charge in [-0.25, -0.2) is 9.13 Å². The number of aliphatic hydroxyl groups is 1. The second kappa shape index (κ2) is 70.1. The van der Waals surface area contributed by atoms with Gasteiger partial charge in [-0.3, -0.25) is 37.3 Å². The average molecular weight is 1470 g/mol. The summed E-state index contributed by atoms with van der Waals surface area (Å²) in [5, 5.41) is 10.6. The van der Waals surface area contributed by atoms with E-state index in [0.29, 0.717) is 31.6 Å². The second-order valence-electron chi connectivity index (χ2n) is 31.1. The predicted octanol–water partition coefficient (Wildman–Crippen LogP) is 24.0. The third-order valence-corrected chi connectivity index (χ3v) is 20.7. The van der Waals surface area contributed by atoms with Gasteiger partial charge in [-0.2, -0.15) is 0 Å². The second-order valence-corrected chi connectivity index (χ2v) is 34.0. The number of esters is 4. The van der Waals surface area contributed by atoms with Crippen LogP contribution in [0, 0.1) is 23.7 Å². The molecular formula is C81H158O17P2. The Morgan fingerprint density at radius 1 is 0.250 bits per heavy atom. The van der Waals surface area contributed by atoms with E-state index in [1.165, 1.54) is 212 Å². The van der Waals surface area contributed by atoms with Gasteiger partial charge in [0.25, 0.3) is 0 Å². The van der Waals surface area contributed by atoms with Gasteiger partial charge < -0.3 is 33.8 Å². The topological polar surface area (TPSA) is 237 Å². The number of aliphatic hydroxyl groups excluding tert-OH is 1. The number of rotatable bonds is 78. The van der Waals surface area contributed by atoms with Crippen LogP contribution in [0.1, 0.15) is 415 Å². The van der Waals surface area contributed by atoms with Crippen molar-refractivity contribution in [2.24, 2.45) is 23.7 Å². The molecule has 0 bridgehead atoms. The predicted molar refractivity (Wildman–Crippen MR) is 409 cm³/mol. The molecule has 3 N–H and O–H groups in total. The zero-order chi connectivity index (χ0) is 73.8. The minimum Gasteiger partial charge on any atom is -0.462 e. The number of carbonyl (C=O) groups is 4. The summed E-state index contributed by atoms with van der Waals surface area (Å²) in [6, 6.07) is 0. The smallest absolute Gasteiger partial charge is 0.462 e. The molecule has 0 aliphatic heterocycles. The fourth-order valence-electron chi connectivity index (χ4n) is 12.4. The summed E-state index contributed by atoms with van der Waals surface area (Å²) in [5.41, 5.74) is 0. The van der Waals surface area contributed by atoms with E-state index in [1.54, 1.807) is 0 Å². The Balaban J connectivity index is 5.21. The number of phosphoric acid groups is 2. The number of phosphoric ester groups is 2. The maximum atomic E-state index is 13.1. The van der Waals surface area contributed by atoms with Crippen LogP contribution in [0.3, 0.4) is 0 Å². The molecule has 0 amide bonds. The van der Waals surface area contributed by atoms with Crippen molar-refractivity contribution in [1.29, 1.82) is 0 Å². The van der Waals surface area contributed by atoms with Crippen LogP contribution in [-0.2, 0) is 65.4 Å². The highest BCUT2D eigenvalue weighted by atomic mass is 31.2. The van der Waals surface area contributed by atoms with Gasteiger partial charge in [0.15, 0.2) is 12.2 Å². The van der Waals surface area contributed by atoms with Gasteiger partial charge in [0.1, 0.15) is 19.3 Å². The SMILES string of the molecule is CC(C)CCCCCCCCCCCCCCCCCC(=O)OC[C@H](COP(=O)(O)OCC(O)COP(=O)(O)OC[C@@H](COC(=O)CCCCCCCCC(C)C)OC(=O)CCCCCCCCCCCCCCCCCC(C)C)OC(=O)CCCCCCCCCCCCCCC(C)C. The first-order valence-corrected chi connectivity index (χ1v) is 44.7. The van der Waals surface area contributed by atoms with Crippen LogP contribution in [0.5, 0.6) is 0 Å². The highest BCUT2D eigenvalue weighted by molar-refractivity contribution is 7.47. The van der Waals surface area contributed by atoms with Crippen molar-refractivity contribution in [3.05, 3.63) is 0 Å². The molecule has 0 aromatic heterocycles. The average Bonchev–Trinajstić information content (AvgIpc) is 0.935.